The van der Waals surface area contributed by atoms with Crippen LogP contribution in [0.5, 0.6) is 0 Å². The number of hydrogen-bond acceptors (Lipinski definition) is 4. The topological polar surface area (TPSA) is 95.2 Å². The molecule has 0 radical (unpaired) electrons. The monoisotopic (exact) mass is 392 g/mol. The van der Waals surface area contributed by atoms with Crippen LogP contribution in [-0.2, 0) is 0 Å². The van der Waals surface area contributed by atoms with E-state index in [0.29, 0.717) is 22.3 Å². The third-order valence-electron chi connectivity index (χ3n) is 4.45. The lowest BCUT2D eigenvalue weighted by molar-refractivity contribution is 0.627. The van der Waals surface area contributed by atoms with Crippen molar-refractivity contribution in [1.29, 1.82) is 21.0 Å². The van der Waals surface area contributed by atoms with Crippen LogP contribution < -0.4 is 10.4 Å². The van der Waals surface area contributed by atoms with Gasteiger partial charge >= 0.3 is 0 Å². The van der Waals surface area contributed by atoms with Crippen molar-refractivity contribution in [2.45, 2.75) is 0 Å². The molecular weight excluding hydrogens is 382 g/mol. The van der Waals surface area contributed by atoms with Gasteiger partial charge in [0.1, 0.15) is 47.1 Å². The first-order valence-corrected chi connectivity index (χ1v) is 8.57. The molecule has 0 aromatic heterocycles. The molecule has 0 atom stereocenters. The van der Waals surface area contributed by atoms with E-state index in [2.05, 4.69) is 0 Å². The molecular formula is C24H10F2N4. The Hall–Kier alpha value is -4.78. The molecule has 3 rings (SSSR count). The van der Waals surface area contributed by atoms with Crippen molar-refractivity contribution >= 4 is 11.1 Å². The molecule has 140 valence electrons. The second kappa shape index (κ2) is 8.49. The minimum Gasteiger partial charge on any atom is -0.207 e. The van der Waals surface area contributed by atoms with Gasteiger partial charge in [-0.1, -0.05) is 24.3 Å². The zero-order valence-electron chi connectivity index (χ0n) is 15.3. The average molecular weight is 392 g/mol. The average Bonchev–Trinajstić information content (AvgIpc) is 2.77. The minimum atomic E-state index is -0.463. The van der Waals surface area contributed by atoms with Gasteiger partial charge in [-0.25, -0.2) is 8.78 Å². The summed E-state index contributed by atoms with van der Waals surface area (Å²) in [6.07, 6.45) is 0. The molecule has 0 saturated heterocycles. The predicted molar refractivity (Wildman–Crippen MR) is 106 cm³/mol. The van der Waals surface area contributed by atoms with Crippen LogP contribution in [0.3, 0.4) is 0 Å². The highest BCUT2D eigenvalue weighted by Crippen LogP contribution is 2.21. The van der Waals surface area contributed by atoms with E-state index in [1.807, 2.05) is 24.3 Å². The van der Waals surface area contributed by atoms with Crippen LogP contribution in [0.4, 0.5) is 8.78 Å². The summed E-state index contributed by atoms with van der Waals surface area (Å²) in [5, 5.41) is 38.2. The van der Waals surface area contributed by atoms with E-state index in [0.717, 1.165) is 0 Å². The summed E-state index contributed by atoms with van der Waals surface area (Å²) in [5.74, 6) is -0.927. The minimum absolute atomic E-state index is 0.195. The van der Waals surface area contributed by atoms with Crippen molar-refractivity contribution in [1.82, 2.24) is 0 Å². The molecule has 6 heteroatoms. The SMILES string of the molecule is N#CC(C#N)=c1cc(-c2ccc(F)cc2)c(=C(C#N)C#N)cc1-c1ccc(F)cc1. The Kier molecular flexibility index (Phi) is 5.65. The van der Waals surface area contributed by atoms with Crippen molar-refractivity contribution in [3.8, 4) is 46.5 Å². The zero-order valence-corrected chi connectivity index (χ0v) is 15.3. The number of benzene rings is 3. The third-order valence-corrected chi connectivity index (χ3v) is 4.45. The summed E-state index contributed by atoms with van der Waals surface area (Å²) < 4.78 is 26.8. The largest absolute Gasteiger partial charge is 0.207 e. The van der Waals surface area contributed by atoms with Crippen molar-refractivity contribution in [2.24, 2.45) is 0 Å². The van der Waals surface area contributed by atoms with Gasteiger partial charge in [0.2, 0.25) is 0 Å². The number of rotatable bonds is 2. The number of hydrogen-bond donors (Lipinski definition) is 0. The highest BCUT2D eigenvalue weighted by molar-refractivity contribution is 5.85. The number of nitrogens with zero attached hydrogens (tertiary/aromatic N) is 4. The van der Waals surface area contributed by atoms with Crippen LogP contribution in [0.1, 0.15) is 0 Å². The third kappa shape index (κ3) is 3.76. The lowest BCUT2D eigenvalue weighted by Crippen LogP contribution is -2.19. The second-order valence-electron chi connectivity index (χ2n) is 6.15. The van der Waals surface area contributed by atoms with Crippen molar-refractivity contribution < 1.29 is 8.78 Å². The summed E-state index contributed by atoms with van der Waals surface area (Å²) >= 11 is 0. The maximum Gasteiger partial charge on any atom is 0.137 e. The first-order chi connectivity index (χ1) is 14.5. The smallest absolute Gasteiger partial charge is 0.137 e. The van der Waals surface area contributed by atoms with E-state index in [-0.39, 0.29) is 21.6 Å². The summed E-state index contributed by atoms with van der Waals surface area (Å²) in [5.41, 5.74) is 1.38. The van der Waals surface area contributed by atoms with Gasteiger partial charge in [-0.05, 0) is 58.7 Å². The predicted octanol–water partition coefficient (Wildman–Crippen LogP) is 3.69. The van der Waals surface area contributed by atoms with Crippen LogP contribution in [0, 0.1) is 57.0 Å². The van der Waals surface area contributed by atoms with E-state index in [9.17, 15) is 29.8 Å². The molecule has 0 fully saturated rings. The maximum absolute atomic E-state index is 13.4. The maximum atomic E-state index is 13.4. The van der Waals surface area contributed by atoms with Gasteiger partial charge in [0.05, 0.1) is 0 Å². The fourth-order valence-corrected chi connectivity index (χ4v) is 3.04. The Balaban J connectivity index is 2.57. The molecule has 0 aliphatic rings. The highest BCUT2D eigenvalue weighted by atomic mass is 19.1. The fraction of sp³-hybridized carbons (Fsp3) is 0. The van der Waals surface area contributed by atoms with Gasteiger partial charge in [-0.3, -0.25) is 0 Å². The Bertz CT molecular complexity index is 1280. The first-order valence-electron chi connectivity index (χ1n) is 8.57. The lowest BCUT2D eigenvalue weighted by Gasteiger charge is -2.10. The molecule has 0 N–H and O–H groups in total. The summed E-state index contributed by atoms with van der Waals surface area (Å²) in [6, 6.07) is 21.2. The normalized spacial score (nSPS) is 9.53. The number of nitriles is 4. The van der Waals surface area contributed by atoms with Gasteiger partial charge < -0.3 is 0 Å². The van der Waals surface area contributed by atoms with Crippen LogP contribution in [-0.4, -0.2) is 0 Å². The molecule has 0 bridgehead atoms. The molecule has 4 nitrogen and oxygen atoms in total. The summed E-state index contributed by atoms with van der Waals surface area (Å²) in [7, 11) is 0. The second-order valence-corrected chi connectivity index (χ2v) is 6.15. The Morgan fingerprint density at radius 3 is 1.10 bits per heavy atom. The molecule has 0 aliphatic heterocycles. The van der Waals surface area contributed by atoms with Crippen molar-refractivity contribution in [2.75, 3.05) is 0 Å². The molecule has 0 saturated carbocycles. The van der Waals surface area contributed by atoms with E-state index in [1.54, 1.807) is 0 Å². The van der Waals surface area contributed by atoms with Gasteiger partial charge in [0, 0.05) is 10.4 Å². The van der Waals surface area contributed by atoms with Gasteiger partial charge in [0.25, 0.3) is 0 Å². The van der Waals surface area contributed by atoms with Gasteiger partial charge in [-0.15, -0.1) is 0 Å². The summed E-state index contributed by atoms with van der Waals surface area (Å²) in [6.45, 7) is 0. The quantitative estimate of drug-likeness (QED) is 0.664. The molecule has 0 spiro atoms. The lowest BCUT2D eigenvalue weighted by atomic mass is 9.92. The molecule has 0 unspecified atom stereocenters. The zero-order chi connectivity index (χ0) is 21.7. The van der Waals surface area contributed by atoms with Crippen LogP contribution in [0.25, 0.3) is 33.4 Å². The van der Waals surface area contributed by atoms with Crippen molar-refractivity contribution in [3.05, 3.63) is 82.7 Å². The van der Waals surface area contributed by atoms with E-state index < -0.39 is 11.6 Å². The fourth-order valence-electron chi connectivity index (χ4n) is 3.04. The van der Waals surface area contributed by atoms with Crippen molar-refractivity contribution in [3.63, 3.8) is 0 Å². The molecule has 3 aromatic rings. The van der Waals surface area contributed by atoms with Crippen LogP contribution in [0.15, 0.2) is 60.7 Å². The van der Waals surface area contributed by atoms with Gasteiger partial charge in [-0.2, -0.15) is 21.0 Å². The van der Waals surface area contributed by atoms with Crippen LogP contribution in [0.2, 0.25) is 0 Å². The van der Waals surface area contributed by atoms with E-state index >= 15 is 0 Å². The van der Waals surface area contributed by atoms with E-state index in [1.165, 1.54) is 60.7 Å². The molecule has 3 aromatic carbocycles. The molecule has 0 aliphatic carbocycles. The van der Waals surface area contributed by atoms with E-state index in [4.69, 9.17) is 0 Å². The summed E-state index contributed by atoms with van der Waals surface area (Å²) in [4.78, 5) is 0. The van der Waals surface area contributed by atoms with Crippen LogP contribution >= 0.6 is 0 Å². The molecule has 0 amide bonds. The standard InChI is InChI=1S/C24H10F2N4/c25-19-5-1-15(2-6-19)21-9-24(18(13-29)14-30)22(10-23(21)17(11-27)12-28)16-3-7-20(26)8-4-16/h1-10H. The highest BCUT2D eigenvalue weighted by Gasteiger charge is 2.12. The number of halogens is 2. The first kappa shape index (κ1) is 20.0. The Morgan fingerprint density at radius 1 is 0.533 bits per heavy atom. The van der Waals surface area contributed by atoms with Gasteiger partial charge in [0.15, 0.2) is 0 Å². The molecule has 0 heterocycles. The molecule has 30 heavy (non-hydrogen) atoms. The Labute approximate surface area is 170 Å². The Morgan fingerprint density at radius 2 is 0.833 bits per heavy atom.